The minimum atomic E-state index is -2.92. The Balaban J connectivity index is 1.95. The number of hydrogen-bond acceptors (Lipinski definition) is 4. The molecule has 0 saturated carbocycles. The summed E-state index contributed by atoms with van der Waals surface area (Å²) in [7, 11) is 0. The van der Waals surface area contributed by atoms with E-state index in [9.17, 15) is 23.5 Å². The van der Waals surface area contributed by atoms with Crippen LogP contribution in [0.1, 0.15) is 5.56 Å². The number of carbonyl (C=O) groups excluding carboxylic acids is 1. The van der Waals surface area contributed by atoms with Crippen molar-refractivity contribution in [3.05, 3.63) is 29.8 Å². The molecule has 0 bridgehead atoms. The molecule has 0 spiro atoms. The predicted octanol–water partition coefficient (Wildman–Crippen LogP) is 1.33. The van der Waals surface area contributed by atoms with E-state index in [2.05, 4.69) is 10.1 Å². The Bertz CT molecular complexity index is 561. The van der Waals surface area contributed by atoms with Gasteiger partial charge >= 0.3 is 18.6 Å². The number of carboxylic acid groups (broad SMARTS) is 1. The average Bonchev–Trinajstić information content (AvgIpc) is 2.56. The number of benzene rings is 1. The number of carboxylic acids is 1. The maximum absolute atomic E-state index is 12.1. The van der Waals surface area contributed by atoms with Gasteiger partial charge in [-0.05, 0) is 17.7 Å². The minimum absolute atomic E-state index is 0.0158. The summed E-state index contributed by atoms with van der Waals surface area (Å²) in [6.45, 7) is -1.29. The number of nitrogens with zero attached hydrogens (tertiary/aromatic N) is 1. The van der Waals surface area contributed by atoms with Gasteiger partial charge in [-0.3, -0.25) is 0 Å². The number of halogens is 2. The van der Waals surface area contributed by atoms with Gasteiger partial charge in [0.05, 0.1) is 13.2 Å². The summed E-state index contributed by atoms with van der Waals surface area (Å²) in [5.41, 5.74) is 0.575. The maximum atomic E-state index is 12.1. The molecule has 1 fully saturated rings. The van der Waals surface area contributed by atoms with Gasteiger partial charge in [0.15, 0.2) is 0 Å². The largest absolute Gasteiger partial charge is 0.480 e. The standard InChI is InChI=1S/C15H18F2N2O5/c16-14(17)24-11-3-1-10(2-4-11)9-12(13(20)21)18-15(22)19-5-7-23-8-6-19/h1-4,12,14H,5-9H2,(H,18,22)(H,20,21)/t12-/m0/s1. The van der Waals surface area contributed by atoms with E-state index in [1.54, 1.807) is 0 Å². The van der Waals surface area contributed by atoms with Crippen LogP contribution in [-0.4, -0.2) is 61.0 Å². The number of carbonyl (C=O) groups is 2. The topological polar surface area (TPSA) is 88.1 Å². The molecule has 0 aromatic heterocycles. The van der Waals surface area contributed by atoms with Crippen molar-refractivity contribution < 1.29 is 33.0 Å². The molecule has 9 heteroatoms. The summed E-state index contributed by atoms with van der Waals surface area (Å²) in [5.74, 6) is -1.19. The number of ether oxygens (including phenoxy) is 2. The predicted molar refractivity (Wildman–Crippen MR) is 79.1 cm³/mol. The number of nitrogens with one attached hydrogen (secondary N) is 1. The summed E-state index contributed by atoms with van der Waals surface area (Å²) in [6.07, 6.45) is 0.0281. The highest BCUT2D eigenvalue weighted by Crippen LogP contribution is 2.16. The van der Waals surface area contributed by atoms with Crippen LogP contribution < -0.4 is 10.1 Å². The van der Waals surface area contributed by atoms with Crippen LogP contribution >= 0.6 is 0 Å². The Morgan fingerprint density at radius 3 is 2.42 bits per heavy atom. The molecule has 1 aromatic carbocycles. The van der Waals surface area contributed by atoms with Crippen molar-refractivity contribution in [2.75, 3.05) is 26.3 Å². The van der Waals surface area contributed by atoms with Gasteiger partial charge in [-0.2, -0.15) is 8.78 Å². The second-order valence-corrected chi connectivity index (χ2v) is 5.17. The lowest BCUT2D eigenvalue weighted by molar-refractivity contribution is -0.139. The van der Waals surface area contributed by atoms with Crippen LogP contribution in [0.25, 0.3) is 0 Å². The lowest BCUT2D eigenvalue weighted by Gasteiger charge is -2.28. The second kappa shape index (κ2) is 8.44. The molecule has 1 heterocycles. The summed E-state index contributed by atoms with van der Waals surface area (Å²) in [5, 5.41) is 11.7. The Hall–Kier alpha value is -2.42. The minimum Gasteiger partial charge on any atom is -0.480 e. The van der Waals surface area contributed by atoms with Crippen LogP contribution in [0.2, 0.25) is 0 Å². The van der Waals surface area contributed by atoms with E-state index in [4.69, 9.17) is 4.74 Å². The van der Waals surface area contributed by atoms with Crippen molar-refractivity contribution in [3.63, 3.8) is 0 Å². The summed E-state index contributed by atoms with van der Waals surface area (Å²) in [4.78, 5) is 24.9. The number of amides is 2. The molecule has 24 heavy (non-hydrogen) atoms. The molecule has 1 saturated heterocycles. The molecule has 2 amide bonds. The third-order valence-corrected chi connectivity index (χ3v) is 3.48. The molecule has 0 aliphatic carbocycles. The van der Waals surface area contributed by atoms with Crippen LogP contribution in [0.3, 0.4) is 0 Å². The number of morpholine rings is 1. The second-order valence-electron chi connectivity index (χ2n) is 5.17. The molecule has 2 rings (SSSR count). The molecule has 0 radical (unpaired) electrons. The Kier molecular flexibility index (Phi) is 6.30. The number of alkyl halides is 2. The fourth-order valence-electron chi connectivity index (χ4n) is 2.25. The van der Waals surface area contributed by atoms with Gasteiger partial charge in [-0.1, -0.05) is 12.1 Å². The first-order valence-corrected chi connectivity index (χ1v) is 7.35. The molecule has 2 N–H and O–H groups in total. The normalized spacial score (nSPS) is 15.9. The van der Waals surface area contributed by atoms with E-state index in [-0.39, 0.29) is 12.2 Å². The Morgan fingerprint density at radius 1 is 1.25 bits per heavy atom. The van der Waals surface area contributed by atoms with E-state index in [1.165, 1.54) is 29.2 Å². The number of hydrogen-bond donors (Lipinski definition) is 2. The maximum Gasteiger partial charge on any atom is 0.387 e. The van der Waals surface area contributed by atoms with E-state index in [0.717, 1.165) is 0 Å². The fraction of sp³-hybridized carbons (Fsp3) is 0.467. The van der Waals surface area contributed by atoms with Gasteiger partial charge in [0, 0.05) is 19.5 Å². The van der Waals surface area contributed by atoms with E-state index >= 15 is 0 Å². The van der Waals surface area contributed by atoms with E-state index in [0.29, 0.717) is 31.9 Å². The van der Waals surface area contributed by atoms with Gasteiger partial charge < -0.3 is 24.8 Å². The lowest BCUT2D eigenvalue weighted by atomic mass is 10.1. The van der Waals surface area contributed by atoms with Gasteiger partial charge in [0.2, 0.25) is 0 Å². The first-order valence-electron chi connectivity index (χ1n) is 7.35. The SMILES string of the molecule is O=C(O)[C@H](Cc1ccc(OC(F)F)cc1)NC(=O)N1CCOCC1. The molecular formula is C15H18F2N2O5. The molecule has 7 nitrogen and oxygen atoms in total. The Labute approximate surface area is 137 Å². The van der Waals surface area contributed by atoms with Crippen LogP contribution in [0, 0.1) is 0 Å². The van der Waals surface area contributed by atoms with Crippen molar-refractivity contribution in [2.24, 2.45) is 0 Å². The quantitative estimate of drug-likeness (QED) is 0.813. The number of rotatable bonds is 6. The van der Waals surface area contributed by atoms with Gasteiger partial charge in [-0.25, -0.2) is 9.59 Å². The zero-order valence-corrected chi connectivity index (χ0v) is 12.8. The number of aliphatic carboxylic acids is 1. The summed E-state index contributed by atoms with van der Waals surface area (Å²) >= 11 is 0. The van der Waals surface area contributed by atoms with Crippen molar-refractivity contribution in [2.45, 2.75) is 19.1 Å². The highest BCUT2D eigenvalue weighted by Gasteiger charge is 2.24. The molecule has 1 aliphatic heterocycles. The summed E-state index contributed by atoms with van der Waals surface area (Å²) in [6, 6.07) is 4.02. The van der Waals surface area contributed by atoms with Crippen LogP contribution in [0.15, 0.2) is 24.3 Å². The van der Waals surface area contributed by atoms with Gasteiger partial charge in [0.1, 0.15) is 11.8 Å². The first kappa shape index (κ1) is 17.9. The first-order chi connectivity index (χ1) is 11.5. The van der Waals surface area contributed by atoms with Crippen molar-refractivity contribution >= 4 is 12.0 Å². The highest BCUT2D eigenvalue weighted by molar-refractivity contribution is 5.82. The Morgan fingerprint density at radius 2 is 1.88 bits per heavy atom. The lowest BCUT2D eigenvalue weighted by Crippen LogP contribution is -2.51. The van der Waals surface area contributed by atoms with Crippen molar-refractivity contribution in [3.8, 4) is 5.75 Å². The van der Waals surface area contributed by atoms with Crippen molar-refractivity contribution in [1.82, 2.24) is 10.2 Å². The van der Waals surface area contributed by atoms with Crippen LogP contribution in [0.4, 0.5) is 13.6 Å². The monoisotopic (exact) mass is 344 g/mol. The molecule has 1 aliphatic rings. The van der Waals surface area contributed by atoms with Crippen LogP contribution in [-0.2, 0) is 16.0 Å². The third-order valence-electron chi connectivity index (χ3n) is 3.48. The molecule has 1 atom stereocenters. The highest BCUT2D eigenvalue weighted by atomic mass is 19.3. The smallest absolute Gasteiger partial charge is 0.387 e. The third kappa shape index (κ3) is 5.34. The summed E-state index contributed by atoms with van der Waals surface area (Å²) < 4.78 is 33.6. The fourth-order valence-corrected chi connectivity index (χ4v) is 2.25. The van der Waals surface area contributed by atoms with Crippen LogP contribution in [0.5, 0.6) is 5.75 Å². The van der Waals surface area contributed by atoms with Gasteiger partial charge in [0.25, 0.3) is 0 Å². The zero-order valence-electron chi connectivity index (χ0n) is 12.8. The number of urea groups is 1. The molecule has 0 unspecified atom stereocenters. The zero-order chi connectivity index (χ0) is 17.5. The molecular weight excluding hydrogens is 326 g/mol. The average molecular weight is 344 g/mol. The van der Waals surface area contributed by atoms with Gasteiger partial charge in [-0.15, -0.1) is 0 Å². The molecule has 1 aromatic rings. The molecule has 132 valence electrons. The van der Waals surface area contributed by atoms with Crippen molar-refractivity contribution in [1.29, 1.82) is 0 Å². The van der Waals surface area contributed by atoms with E-state index < -0.39 is 24.7 Å². The van der Waals surface area contributed by atoms with E-state index in [1.807, 2.05) is 0 Å².